The average molecular weight is 510 g/mol. The van der Waals surface area contributed by atoms with Crippen molar-refractivity contribution in [2.75, 3.05) is 4.90 Å². The van der Waals surface area contributed by atoms with Crippen molar-refractivity contribution in [1.29, 1.82) is 5.26 Å². The minimum atomic E-state index is 0.0650. The van der Waals surface area contributed by atoms with Crippen molar-refractivity contribution in [3.63, 3.8) is 0 Å². The highest BCUT2D eigenvalue weighted by Crippen LogP contribution is 2.42. The molecule has 0 aliphatic rings. The van der Waals surface area contributed by atoms with Gasteiger partial charge in [0.1, 0.15) is 11.2 Å². The number of hydrogen-bond donors (Lipinski definition) is 0. The Morgan fingerprint density at radius 1 is 0.868 bits per heavy atom. The highest BCUT2D eigenvalue weighted by atomic mass is 32.1. The van der Waals surface area contributed by atoms with Gasteiger partial charge in [0.05, 0.1) is 17.3 Å². The molecule has 0 saturated carbocycles. The molecule has 2 aromatic heterocycles. The summed E-state index contributed by atoms with van der Waals surface area (Å²) >= 11 is 1.53. The first-order valence-corrected chi connectivity index (χ1v) is 13.1. The number of hydrogen-bond acceptors (Lipinski definition) is 4. The van der Waals surface area contributed by atoms with Gasteiger partial charge >= 0.3 is 0 Å². The molecule has 182 valence electrons. The fraction of sp³-hybridized carbons (Fsp3) is 0.0909. The number of aryl methyl sites for hydroxylation is 2. The Balaban J connectivity index is 1.52. The Labute approximate surface area is 225 Å². The van der Waals surface area contributed by atoms with Crippen LogP contribution in [0.1, 0.15) is 21.6 Å². The van der Waals surface area contributed by atoms with E-state index in [2.05, 4.69) is 103 Å². The highest BCUT2D eigenvalue weighted by molar-refractivity contribution is 7.20. The number of rotatable bonds is 4. The number of furan rings is 1. The molecular formula is C33H23N3OS. The summed E-state index contributed by atoms with van der Waals surface area (Å²) in [7, 11) is 0. The van der Waals surface area contributed by atoms with Crippen molar-refractivity contribution in [2.45, 2.75) is 20.8 Å². The predicted octanol–water partition coefficient (Wildman–Crippen LogP) is 9.98. The first-order chi connectivity index (χ1) is 18.4. The number of benzene rings is 4. The average Bonchev–Trinajstić information content (AvgIpc) is 3.47. The molecule has 0 spiro atoms. The summed E-state index contributed by atoms with van der Waals surface area (Å²) in [5.74, 6) is 0. The Morgan fingerprint density at radius 2 is 1.58 bits per heavy atom. The predicted molar refractivity (Wildman–Crippen MR) is 158 cm³/mol. The standard InChI is InChI=1S/C33H23N3OS/c1-20-13-28(14-21(2)22(20)3)36(26-10-9-23-7-5-6-8-24(23)15-26)27-11-12-30-31(17-27)37-32-18-29(38-33(30)32)16-25(19-34)35-4/h5-18H,1-3H3/b25-16-. The van der Waals surface area contributed by atoms with Crippen molar-refractivity contribution >= 4 is 66.5 Å². The van der Waals surface area contributed by atoms with Crippen molar-refractivity contribution in [1.82, 2.24) is 0 Å². The van der Waals surface area contributed by atoms with Crippen molar-refractivity contribution < 1.29 is 4.42 Å². The lowest BCUT2D eigenvalue weighted by Crippen LogP contribution is -2.11. The zero-order chi connectivity index (χ0) is 26.4. The van der Waals surface area contributed by atoms with E-state index >= 15 is 0 Å². The van der Waals surface area contributed by atoms with Crippen LogP contribution in [-0.2, 0) is 0 Å². The maximum absolute atomic E-state index is 9.11. The first kappa shape index (κ1) is 23.6. The third-order valence-electron chi connectivity index (χ3n) is 7.08. The van der Waals surface area contributed by atoms with E-state index < -0.39 is 0 Å². The second kappa shape index (κ2) is 9.23. The van der Waals surface area contributed by atoms with E-state index in [0.717, 1.165) is 43.2 Å². The topological polar surface area (TPSA) is 44.5 Å². The van der Waals surface area contributed by atoms with Crippen LogP contribution < -0.4 is 4.90 Å². The zero-order valence-electron chi connectivity index (χ0n) is 21.2. The molecule has 0 atom stereocenters. The molecule has 6 rings (SSSR count). The molecule has 0 fully saturated rings. The SMILES string of the molecule is [C-]#[N+]/C(C#N)=C\c1cc2oc3cc(N(c4cc(C)c(C)c(C)c4)c4ccc5ccccc5c4)ccc3c2s1. The summed E-state index contributed by atoms with van der Waals surface area (Å²) in [6, 6.07) is 29.6. The van der Waals surface area contributed by atoms with Gasteiger partial charge in [0, 0.05) is 33.4 Å². The van der Waals surface area contributed by atoms with Crippen LogP contribution in [-0.4, -0.2) is 0 Å². The molecule has 0 amide bonds. The molecule has 6 aromatic rings. The molecule has 0 bridgehead atoms. The van der Waals surface area contributed by atoms with Gasteiger partial charge in [-0.15, -0.1) is 11.3 Å². The van der Waals surface area contributed by atoms with Crippen LogP contribution in [0.25, 0.3) is 42.9 Å². The molecule has 2 heterocycles. The van der Waals surface area contributed by atoms with Gasteiger partial charge in [-0.25, -0.2) is 10.1 Å². The van der Waals surface area contributed by atoms with E-state index in [4.69, 9.17) is 16.3 Å². The maximum atomic E-state index is 9.11. The molecule has 4 aromatic carbocycles. The van der Waals surface area contributed by atoms with Crippen LogP contribution >= 0.6 is 11.3 Å². The van der Waals surface area contributed by atoms with Crippen LogP contribution in [0, 0.1) is 38.7 Å². The number of allylic oxidation sites excluding steroid dienone is 1. The van der Waals surface area contributed by atoms with E-state index in [1.807, 2.05) is 12.1 Å². The molecule has 38 heavy (non-hydrogen) atoms. The summed E-state index contributed by atoms with van der Waals surface area (Å²) in [5, 5.41) is 12.5. The van der Waals surface area contributed by atoms with Gasteiger partial charge in [0.2, 0.25) is 0 Å². The van der Waals surface area contributed by atoms with Gasteiger partial charge in [-0.05, 0) is 96.8 Å². The summed E-state index contributed by atoms with van der Waals surface area (Å²) < 4.78 is 7.29. The molecule has 0 aliphatic carbocycles. The fourth-order valence-electron chi connectivity index (χ4n) is 4.90. The van der Waals surface area contributed by atoms with E-state index in [1.165, 1.54) is 38.8 Å². The lowest BCUT2D eigenvalue weighted by atomic mass is 10.0. The van der Waals surface area contributed by atoms with Crippen LogP contribution in [0.2, 0.25) is 0 Å². The van der Waals surface area contributed by atoms with Gasteiger partial charge in [0.15, 0.2) is 0 Å². The van der Waals surface area contributed by atoms with Crippen LogP contribution in [0.4, 0.5) is 17.1 Å². The second-order valence-corrected chi connectivity index (χ2v) is 10.5. The number of nitriles is 1. The fourth-order valence-corrected chi connectivity index (χ4v) is 5.95. The lowest BCUT2D eigenvalue weighted by molar-refractivity contribution is 0.670. The molecule has 0 saturated heterocycles. The van der Waals surface area contributed by atoms with Gasteiger partial charge in [-0.3, -0.25) is 0 Å². The zero-order valence-corrected chi connectivity index (χ0v) is 22.1. The Morgan fingerprint density at radius 3 is 2.32 bits per heavy atom. The number of anilines is 3. The van der Waals surface area contributed by atoms with Crippen LogP contribution in [0.3, 0.4) is 0 Å². The summed E-state index contributed by atoms with van der Waals surface area (Å²) in [5.41, 5.74) is 8.62. The van der Waals surface area contributed by atoms with Gasteiger partial charge in [0.25, 0.3) is 5.70 Å². The maximum Gasteiger partial charge on any atom is 0.263 e. The Hall–Kier alpha value is -4.84. The molecular weight excluding hydrogens is 486 g/mol. The summed E-state index contributed by atoms with van der Waals surface area (Å²) in [4.78, 5) is 6.38. The van der Waals surface area contributed by atoms with Gasteiger partial charge < -0.3 is 9.32 Å². The van der Waals surface area contributed by atoms with Crippen LogP contribution in [0.5, 0.6) is 0 Å². The first-order valence-electron chi connectivity index (χ1n) is 12.3. The van der Waals surface area contributed by atoms with Gasteiger partial charge in [-0.1, -0.05) is 30.3 Å². The highest BCUT2D eigenvalue weighted by Gasteiger charge is 2.18. The summed E-state index contributed by atoms with van der Waals surface area (Å²) in [6.07, 6.45) is 1.61. The number of nitrogens with zero attached hydrogens (tertiary/aromatic N) is 3. The minimum absolute atomic E-state index is 0.0650. The molecule has 0 aliphatic heterocycles. The second-order valence-electron chi connectivity index (χ2n) is 9.45. The largest absolute Gasteiger partial charge is 0.455 e. The van der Waals surface area contributed by atoms with E-state index in [1.54, 1.807) is 6.08 Å². The van der Waals surface area contributed by atoms with Crippen molar-refractivity contribution in [2.24, 2.45) is 0 Å². The molecule has 0 N–H and O–H groups in total. The van der Waals surface area contributed by atoms with E-state index in [0.29, 0.717) is 0 Å². The number of thiophene rings is 1. The van der Waals surface area contributed by atoms with Crippen LogP contribution in [0.15, 0.2) is 89.0 Å². The Kier molecular flexibility index (Phi) is 5.72. The molecule has 4 nitrogen and oxygen atoms in total. The van der Waals surface area contributed by atoms with Crippen molar-refractivity contribution in [3.05, 3.63) is 118 Å². The Bertz CT molecular complexity index is 1960. The lowest BCUT2D eigenvalue weighted by Gasteiger charge is -2.27. The normalized spacial score (nSPS) is 11.7. The van der Waals surface area contributed by atoms with Crippen molar-refractivity contribution in [3.8, 4) is 6.07 Å². The van der Waals surface area contributed by atoms with E-state index in [-0.39, 0.29) is 5.70 Å². The minimum Gasteiger partial charge on any atom is -0.455 e. The molecule has 0 radical (unpaired) electrons. The van der Waals surface area contributed by atoms with E-state index in [9.17, 15) is 0 Å². The third kappa shape index (κ3) is 4.00. The van der Waals surface area contributed by atoms with Gasteiger partial charge in [-0.2, -0.15) is 0 Å². The third-order valence-corrected chi connectivity index (χ3v) is 8.18. The molecule has 0 unspecified atom stereocenters. The smallest absolute Gasteiger partial charge is 0.263 e. The number of fused-ring (bicyclic) bond motifs is 4. The quantitative estimate of drug-likeness (QED) is 0.175. The summed E-state index contributed by atoms with van der Waals surface area (Å²) in [6.45, 7) is 13.6. The monoisotopic (exact) mass is 509 g/mol. The molecule has 5 heteroatoms.